The number of nitrogens with one attached hydrogen (secondary N) is 1. The second-order valence-corrected chi connectivity index (χ2v) is 6.40. The average molecular weight is 306 g/mol. The molecule has 22 heavy (non-hydrogen) atoms. The molecule has 1 rings (SSSR count). The molecule has 0 unspecified atom stereocenters. The molecule has 1 N–H and O–H groups in total. The monoisotopic (exact) mass is 306 g/mol. The van der Waals surface area contributed by atoms with Gasteiger partial charge in [0.2, 0.25) is 0 Å². The molecule has 0 heterocycles. The summed E-state index contributed by atoms with van der Waals surface area (Å²) >= 11 is 0. The summed E-state index contributed by atoms with van der Waals surface area (Å²) in [6.45, 7) is 9.73. The summed E-state index contributed by atoms with van der Waals surface area (Å²) < 4.78 is 5.91. The van der Waals surface area contributed by atoms with Crippen molar-refractivity contribution in [1.82, 2.24) is 10.2 Å². The Morgan fingerprint density at radius 1 is 1.27 bits per heavy atom. The highest BCUT2D eigenvalue weighted by atomic mass is 16.5. The molecule has 0 aromatic heterocycles. The summed E-state index contributed by atoms with van der Waals surface area (Å²) in [5, 5.41) is 2.93. The van der Waals surface area contributed by atoms with Gasteiger partial charge < -0.3 is 15.0 Å². The maximum Gasteiger partial charge on any atom is 0.260 e. The molecule has 0 aliphatic carbocycles. The fourth-order valence-electron chi connectivity index (χ4n) is 2.22. The highest BCUT2D eigenvalue weighted by molar-refractivity contribution is 5.80. The van der Waals surface area contributed by atoms with E-state index in [-0.39, 0.29) is 5.91 Å². The van der Waals surface area contributed by atoms with Crippen LogP contribution in [0.1, 0.15) is 44.2 Å². The van der Waals surface area contributed by atoms with Gasteiger partial charge in [-0.15, -0.1) is 0 Å². The molecule has 0 saturated carbocycles. The van der Waals surface area contributed by atoms with Crippen molar-refractivity contribution in [2.24, 2.45) is 0 Å². The van der Waals surface area contributed by atoms with Gasteiger partial charge in [0.15, 0.2) is 6.10 Å². The summed E-state index contributed by atoms with van der Waals surface area (Å²) in [4.78, 5) is 14.2. The summed E-state index contributed by atoms with van der Waals surface area (Å²) in [7, 11) is 4.05. The van der Waals surface area contributed by atoms with Crippen molar-refractivity contribution in [2.45, 2.75) is 46.1 Å². The molecule has 1 atom stereocenters. The summed E-state index contributed by atoms with van der Waals surface area (Å²) in [6, 6.07) is 6.16. The highest BCUT2D eigenvalue weighted by Gasteiger charge is 2.17. The molecule has 124 valence electrons. The lowest BCUT2D eigenvalue weighted by Gasteiger charge is -2.19. The van der Waals surface area contributed by atoms with Crippen LogP contribution in [-0.2, 0) is 4.79 Å². The van der Waals surface area contributed by atoms with Crippen molar-refractivity contribution in [2.75, 3.05) is 27.2 Å². The van der Waals surface area contributed by atoms with E-state index in [1.807, 2.05) is 27.1 Å². The van der Waals surface area contributed by atoms with E-state index in [2.05, 4.69) is 36.2 Å². The van der Waals surface area contributed by atoms with E-state index in [0.717, 1.165) is 29.8 Å². The minimum absolute atomic E-state index is 0.0602. The molecule has 4 nitrogen and oxygen atoms in total. The Labute approximate surface area is 134 Å². The number of amides is 1. The fraction of sp³-hybridized carbons (Fsp3) is 0.611. The molecule has 0 radical (unpaired) electrons. The van der Waals surface area contributed by atoms with Crippen LogP contribution in [0.3, 0.4) is 0 Å². The highest BCUT2D eigenvalue weighted by Crippen LogP contribution is 2.28. The van der Waals surface area contributed by atoms with Crippen molar-refractivity contribution in [1.29, 1.82) is 0 Å². The smallest absolute Gasteiger partial charge is 0.260 e. The van der Waals surface area contributed by atoms with Gasteiger partial charge >= 0.3 is 0 Å². The van der Waals surface area contributed by atoms with Gasteiger partial charge in [-0.3, -0.25) is 4.79 Å². The minimum atomic E-state index is -0.487. The Hall–Kier alpha value is -1.55. The van der Waals surface area contributed by atoms with Crippen LogP contribution in [0.4, 0.5) is 0 Å². The van der Waals surface area contributed by atoms with Crippen LogP contribution < -0.4 is 10.1 Å². The quantitative estimate of drug-likeness (QED) is 0.751. The van der Waals surface area contributed by atoms with E-state index in [4.69, 9.17) is 4.74 Å². The second-order valence-electron chi connectivity index (χ2n) is 6.40. The number of nitrogens with zero attached hydrogens (tertiary/aromatic N) is 1. The van der Waals surface area contributed by atoms with E-state index < -0.39 is 6.10 Å². The Kier molecular flexibility index (Phi) is 7.39. The van der Waals surface area contributed by atoms with Gasteiger partial charge in [0.25, 0.3) is 5.91 Å². The number of hydrogen-bond acceptors (Lipinski definition) is 3. The van der Waals surface area contributed by atoms with Gasteiger partial charge in [-0.1, -0.05) is 26.0 Å². The summed E-state index contributed by atoms with van der Waals surface area (Å²) in [6.07, 6.45) is 0.450. The van der Waals surface area contributed by atoms with Crippen LogP contribution in [0.15, 0.2) is 18.2 Å². The van der Waals surface area contributed by atoms with Gasteiger partial charge in [-0.25, -0.2) is 0 Å². The third-order valence-corrected chi connectivity index (χ3v) is 3.55. The number of ether oxygens (including phenoxy) is 1. The zero-order chi connectivity index (χ0) is 16.7. The summed E-state index contributed by atoms with van der Waals surface area (Å²) in [5.41, 5.74) is 2.27. The molecule has 1 amide bonds. The number of hydrogen-bond donors (Lipinski definition) is 1. The van der Waals surface area contributed by atoms with Gasteiger partial charge in [0.1, 0.15) is 5.75 Å². The molecule has 4 heteroatoms. The zero-order valence-corrected chi connectivity index (χ0v) is 14.8. The van der Waals surface area contributed by atoms with Crippen LogP contribution in [0.25, 0.3) is 0 Å². The Morgan fingerprint density at radius 3 is 2.55 bits per heavy atom. The number of rotatable bonds is 8. The van der Waals surface area contributed by atoms with Crippen LogP contribution in [0, 0.1) is 6.92 Å². The molecule has 0 aliphatic heterocycles. The van der Waals surface area contributed by atoms with Crippen molar-refractivity contribution in [3.8, 4) is 5.75 Å². The molecule has 0 aliphatic rings. The Morgan fingerprint density at radius 2 is 1.95 bits per heavy atom. The largest absolute Gasteiger partial charge is 0.481 e. The SMILES string of the molecule is Cc1ccc(C(C)C)c(O[C@@H](C)C(=O)NCCCN(C)C)c1. The zero-order valence-electron chi connectivity index (χ0n) is 14.8. The number of benzene rings is 1. The molecule has 1 aromatic carbocycles. The van der Waals surface area contributed by atoms with Crippen molar-refractivity contribution >= 4 is 5.91 Å². The van der Waals surface area contributed by atoms with Gasteiger partial charge in [-0.05, 0) is 64.0 Å². The lowest BCUT2D eigenvalue weighted by molar-refractivity contribution is -0.127. The average Bonchev–Trinajstić information content (AvgIpc) is 2.42. The normalized spacial score (nSPS) is 12.5. The second kappa shape index (κ2) is 8.79. The topological polar surface area (TPSA) is 41.6 Å². The third kappa shape index (κ3) is 6.06. The standard InChI is InChI=1S/C18H30N2O2/c1-13(2)16-9-8-14(3)12-17(16)22-15(4)18(21)19-10-7-11-20(5)6/h8-9,12-13,15H,7,10-11H2,1-6H3,(H,19,21)/t15-/m0/s1. The van der Waals surface area contributed by atoms with E-state index >= 15 is 0 Å². The predicted molar refractivity (Wildman–Crippen MR) is 91.5 cm³/mol. The fourth-order valence-corrected chi connectivity index (χ4v) is 2.22. The molecule has 0 fully saturated rings. The molecule has 0 spiro atoms. The minimum Gasteiger partial charge on any atom is -0.481 e. The van der Waals surface area contributed by atoms with Gasteiger partial charge in [-0.2, -0.15) is 0 Å². The van der Waals surface area contributed by atoms with E-state index in [0.29, 0.717) is 12.5 Å². The maximum absolute atomic E-state index is 12.1. The van der Waals surface area contributed by atoms with Crippen molar-refractivity contribution in [3.05, 3.63) is 29.3 Å². The van der Waals surface area contributed by atoms with Gasteiger partial charge in [0.05, 0.1) is 0 Å². The van der Waals surface area contributed by atoms with Crippen LogP contribution in [-0.4, -0.2) is 44.1 Å². The molecule has 0 bridgehead atoms. The van der Waals surface area contributed by atoms with Crippen LogP contribution >= 0.6 is 0 Å². The van der Waals surface area contributed by atoms with Crippen LogP contribution in [0.5, 0.6) is 5.75 Å². The number of aryl methyl sites for hydroxylation is 1. The van der Waals surface area contributed by atoms with Crippen molar-refractivity contribution < 1.29 is 9.53 Å². The molecule has 1 aromatic rings. The first kappa shape index (κ1) is 18.5. The lowest BCUT2D eigenvalue weighted by atomic mass is 10.0. The van der Waals surface area contributed by atoms with Crippen molar-refractivity contribution in [3.63, 3.8) is 0 Å². The Bertz CT molecular complexity index is 484. The predicted octanol–water partition coefficient (Wildman–Crippen LogP) is 2.95. The van der Waals surface area contributed by atoms with E-state index in [1.54, 1.807) is 6.92 Å². The molecular weight excluding hydrogens is 276 g/mol. The Balaban J connectivity index is 2.58. The molecular formula is C18H30N2O2. The van der Waals surface area contributed by atoms with E-state index in [1.165, 1.54) is 0 Å². The lowest BCUT2D eigenvalue weighted by Crippen LogP contribution is -2.37. The number of carbonyl (C=O) groups is 1. The first-order valence-corrected chi connectivity index (χ1v) is 8.01. The maximum atomic E-state index is 12.1. The number of carbonyl (C=O) groups excluding carboxylic acids is 1. The molecule has 0 saturated heterocycles. The van der Waals surface area contributed by atoms with Crippen LogP contribution in [0.2, 0.25) is 0 Å². The first-order chi connectivity index (χ1) is 10.3. The summed E-state index contributed by atoms with van der Waals surface area (Å²) in [5.74, 6) is 1.12. The van der Waals surface area contributed by atoms with Gasteiger partial charge in [0, 0.05) is 6.54 Å². The first-order valence-electron chi connectivity index (χ1n) is 8.01. The van der Waals surface area contributed by atoms with E-state index in [9.17, 15) is 4.79 Å². The third-order valence-electron chi connectivity index (χ3n) is 3.55.